The number of thiazole rings is 1. The summed E-state index contributed by atoms with van der Waals surface area (Å²) in [7, 11) is 0. The lowest BCUT2D eigenvalue weighted by atomic mass is 10.0. The standard InChI is InChI=1S/C48H32N6OS/c1-3-7-37(8-4-1)53(41-23-15-35(16-24-41)47-51-43-27-29-49-31-45(43)55-47)39-19-11-33(12-20-39)34-13-21-40(22-14-34)54(38-9-5-2-6-10-38)42-25-17-36(18-26-42)48-52-44-28-30-50-32-46(44)56-48/h1-32H. The van der Waals surface area contributed by atoms with Crippen LogP contribution in [0.2, 0.25) is 0 Å². The second-order valence-electron chi connectivity index (χ2n) is 13.3. The van der Waals surface area contributed by atoms with E-state index in [-0.39, 0.29) is 0 Å². The summed E-state index contributed by atoms with van der Waals surface area (Å²) >= 11 is 1.66. The van der Waals surface area contributed by atoms with Crippen LogP contribution in [-0.2, 0) is 0 Å². The molecule has 8 heteroatoms. The number of rotatable bonds is 9. The van der Waals surface area contributed by atoms with E-state index in [1.54, 1.807) is 29.9 Å². The molecule has 0 unspecified atom stereocenters. The van der Waals surface area contributed by atoms with Gasteiger partial charge in [0.1, 0.15) is 10.5 Å². The maximum absolute atomic E-state index is 5.98. The first-order valence-electron chi connectivity index (χ1n) is 18.3. The molecule has 10 aromatic rings. The Morgan fingerprint density at radius 1 is 0.393 bits per heavy atom. The fourth-order valence-electron chi connectivity index (χ4n) is 6.97. The number of fused-ring (bicyclic) bond motifs is 2. The van der Waals surface area contributed by atoms with Gasteiger partial charge in [-0.05, 0) is 120 Å². The Bertz CT molecular complexity index is 2620. The molecule has 4 aromatic heterocycles. The molecular formula is C48H32N6OS. The summed E-state index contributed by atoms with van der Waals surface area (Å²) in [6.07, 6.45) is 7.08. The third kappa shape index (κ3) is 6.44. The van der Waals surface area contributed by atoms with E-state index >= 15 is 0 Å². The van der Waals surface area contributed by atoms with Gasteiger partial charge in [0, 0.05) is 63.8 Å². The van der Waals surface area contributed by atoms with Crippen LogP contribution in [0.3, 0.4) is 0 Å². The molecule has 0 bridgehead atoms. The van der Waals surface area contributed by atoms with E-state index in [1.807, 2.05) is 42.6 Å². The summed E-state index contributed by atoms with van der Waals surface area (Å²) in [4.78, 5) is 22.4. The molecule has 6 aromatic carbocycles. The Morgan fingerprint density at radius 3 is 1.34 bits per heavy atom. The van der Waals surface area contributed by atoms with Crippen LogP contribution in [0, 0.1) is 0 Å². The molecule has 0 N–H and O–H groups in total. The highest BCUT2D eigenvalue weighted by atomic mass is 32.1. The fourth-order valence-corrected chi connectivity index (χ4v) is 7.91. The summed E-state index contributed by atoms with van der Waals surface area (Å²) in [6, 6.07) is 59.1. The number of oxazole rings is 1. The molecule has 7 nitrogen and oxygen atoms in total. The van der Waals surface area contributed by atoms with Crippen LogP contribution >= 0.6 is 11.3 Å². The number of hydrogen-bond donors (Lipinski definition) is 0. The second kappa shape index (κ2) is 14.4. The Morgan fingerprint density at radius 2 is 0.839 bits per heavy atom. The van der Waals surface area contributed by atoms with Gasteiger partial charge in [-0.25, -0.2) is 9.97 Å². The van der Waals surface area contributed by atoms with Crippen LogP contribution in [0.25, 0.3) is 54.5 Å². The Balaban J connectivity index is 0.925. The molecule has 56 heavy (non-hydrogen) atoms. The van der Waals surface area contributed by atoms with Gasteiger partial charge in [-0.15, -0.1) is 11.3 Å². The zero-order valence-corrected chi connectivity index (χ0v) is 30.8. The number of anilines is 6. The number of benzene rings is 6. The minimum Gasteiger partial charge on any atom is -0.434 e. The lowest BCUT2D eigenvalue weighted by Crippen LogP contribution is -2.10. The van der Waals surface area contributed by atoms with Crippen molar-refractivity contribution in [2.24, 2.45) is 0 Å². The highest BCUT2D eigenvalue weighted by Gasteiger charge is 2.16. The number of hydrogen-bond acceptors (Lipinski definition) is 8. The van der Waals surface area contributed by atoms with Crippen LogP contribution in [0.15, 0.2) is 199 Å². The number of nitrogens with zero attached hydrogens (tertiary/aromatic N) is 6. The normalized spacial score (nSPS) is 11.2. The molecule has 0 aliphatic heterocycles. The Hall–Kier alpha value is -7.42. The van der Waals surface area contributed by atoms with Gasteiger partial charge >= 0.3 is 0 Å². The van der Waals surface area contributed by atoms with Gasteiger partial charge in [-0.2, -0.15) is 0 Å². The minimum absolute atomic E-state index is 0.574. The molecular weight excluding hydrogens is 709 g/mol. The van der Waals surface area contributed by atoms with E-state index in [0.29, 0.717) is 11.5 Å². The van der Waals surface area contributed by atoms with Gasteiger partial charge < -0.3 is 14.2 Å². The van der Waals surface area contributed by atoms with E-state index in [0.717, 1.165) is 77.1 Å². The molecule has 0 saturated heterocycles. The first-order chi connectivity index (χ1) is 27.7. The van der Waals surface area contributed by atoms with Gasteiger partial charge in [-0.3, -0.25) is 9.97 Å². The molecule has 0 spiro atoms. The van der Waals surface area contributed by atoms with Crippen molar-refractivity contribution in [2.45, 2.75) is 0 Å². The third-order valence-corrected chi connectivity index (χ3v) is 10.8. The van der Waals surface area contributed by atoms with Crippen molar-refractivity contribution < 1.29 is 4.42 Å². The van der Waals surface area contributed by atoms with Crippen LogP contribution in [0.1, 0.15) is 0 Å². The van der Waals surface area contributed by atoms with Crippen LogP contribution < -0.4 is 9.80 Å². The van der Waals surface area contributed by atoms with Gasteiger partial charge in [0.25, 0.3) is 0 Å². The Labute approximate surface area is 327 Å². The number of para-hydroxylation sites is 2. The molecule has 0 saturated carbocycles. The number of pyridine rings is 2. The second-order valence-corrected chi connectivity index (χ2v) is 14.3. The summed E-state index contributed by atoms with van der Waals surface area (Å²) < 4.78 is 7.06. The monoisotopic (exact) mass is 740 g/mol. The maximum atomic E-state index is 5.98. The SMILES string of the molecule is c1ccc(N(c2ccc(-c3ccc(N(c4ccccc4)c4ccc(-c5nc6ccncc6s5)cc4)cc3)cc2)c2ccc(-c3nc4ccncc4o3)cc2)cc1. The first-order valence-corrected chi connectivity index (χ1v) is 19.1. The first kappa shape index (κ1) is 33.2. The summed E-state index contributed by atoms with van der Waals surface area (Å²) in [6.45, 7) is 0. The van der Waals surface area contributed by atoms with Gasteiger partial charge in [0.05, 0.1) is 16.4 Å². The largest absolute Gasteiger partial charge is 0.434 e. The van der Waals surface area contributed by atoms with Crippen LogP contribution in [0.5, 0.6) is 0 Å². The molecule has 0 amide bonds. The molecule has 4 heterocycles. The summed E-state index contributed by atoms with van der Waals surface area (Å²) in [5.41, 5.74) is 13.1. The molecule has 266 valence electrons. The maximum Gasteiger partial charge on any atom is 0.227 e. The van der Waals surface area contributed by atoms with E-state index in [4.69, 9.17) is 9.40 Å². The molecule has 0 radical (unpaired) electrons. The van der Waals surface area contributed by atoms with Crippen molar-refractivity contribution in [3.05, 3.63) is 195 Å². The lowest BCUT2D eigenvalue weighted by molar-refractivity contribution is 0.618. The predicted octanol–water partition coefficient (Wildman–Crippen LogP) is 13.2. The Kier molecular flexibility index (Phi) is 8.55. The predicted molar refractivity (Wildman–Crippen MR) is 228 cm³/mol. The molecule has 0 aliphatic carbocycles. The zero-order valence-electron chi connectivity index (χ0n) is 30.0. The van der Waals surface area contributed by atoms with Crippen LogP contribution in [-0.4, -0.2) is 19.9 Å². The van der Waals surface area contributed by atoms with E-state index in [1.165, 1.54) is 0 Å². The van der Waals surface area contributed by atoms with E-state index in [2.05, 4.69) is 158 Å². The fraction of sp³-hybridized carbons (Fsp3) is 0. The van der Waals surface area contributed by atoms with Crippen molar-refractivity contribution in [3.8, 4) is 33.2 Å². The van der Waals surface area contributed by atoms with Crippen molar-refractivity contribution in [3.63, 3.8) is 0 Å². The average Bonchev–Trinajstić information content (AvgIpc) is 3.91. The molecule has 0 aliphatic rings. The molecule has 10 rings (SSSR count). The lowest BCUT2D eigenvalue weighted by Gasteiger charge is -2.26. The van der Waals surface area contributed by atoms with E-state index < -0.39 is 0 Å². The number of aromatic nitrogens is 4. The quantitative estimate of drug-likeness (QED) is 0.146. The van der Waals surface area contributed by atoms with Crippen molar-refractivity contribution in [1.82, 2.24) is 19.9 Å². The minimum atomic E-state index is 0.574. The highest BCUT2D eigenvalue weighted by molar-refractivity contribution is 7.21. The van der Waals surface area contributed by atoms with Crippen molar-refractivity contribution in [1.29, 1.82) is 0 Å². The summed E-state index contributed by atoms with van der Waals surface area (Å²) in [5.74, 6) is 0.574. The molecule has 0 fully saturated rings. The van der Waals surface area contributed by atoms with Crippen molar-refractivity contribution >= 4 is 66.8 Å². The topological polar surface area (TPSA) is 71.2 Å². The van der Waals surface area contributed by atoms with Crippen molar-refractivity contribution in [2.75, 3.05) is 9.80 Å². The van der Waals surface area contributed by atoms with Gasteiger partial charge in [-0.1, -0.05) is 60.7 Å². The summed E-state index contributed by atoms with van der Waals surface area (Å²) in [5, 5.41) is 0.987. The molecule has 0 atom stereocenters. The van der Waals surface area contributed by atoms with E-state index in [9.17, 15) is 0 Å². The highest BCUT2D eigenvalue weighted by Crippen LogP contribution is 2.39. The zero-order chi connectivity index (χ0) is 37.3. The third-order valence-electron chi connectivity index (χ3n) is 9.74. The average molecular weight is 741 g/mol. The van der Waals surface area contributed by atoms with Gasteiger partial charge in [0.2, 0.25) is 5.89 Å². The smallest absolute Gasteiger partial charge is 0.227 e. The van der Waals surface area contributed by atoms with Crippen LogP contribution in [0.4, 0.5) is 34.1 Å². The van der Waals surface area contributed by atoms with Gasteiger partial charge in [0.15, 0.2) is 5.58 Å².